The molecular weight excluding hydrogens is 366 g/mol. The van der Waals surface area contributed by atoms with Gasteiger partial charge in [-0.05, 0) is 44.7 Å². The zero-order valence-corrected chi connectivity index (χ0v) is 17.3. The van der Waals surface area contributed by atoms with Crippen molar-refractivity contribution in [3.8, 4) is 0 Å². The van der Waals surface area contributed by atoms with Crippen LogP contribution in [0.15, 0.2) is 60.7 Å². The number of esters is 1. The Morgan fingerprint density at radius 3 is 2.24 bits per heavy atom. The van der Waals surface area contributed by atoms with Gasteiger partial charge in [0.2, 0.25) is 0 Å². The Morgan fingerprint density at radius 1 is 1.07 bits per heavy atom. The molecule has 1 aliphatic rings. The molecule has 0 radical (unpaired) electrons. The molecule has 0 aromatic heterocycles. The van der Waals surface area contributed by atoms with E-state index in [1.165, 1.54) is 0 Å². The van der Waals surface area contributed by atoms with Gasteiger partial charge < -0.3 is 14.8 Å². The van der Waals surface area contributed by atoms with Crippen LogP contribution in [0, 0.1) is 11.8 Å². The lowest BCUT2D eigenvalue weighted by molar-refractivity contribution is -0.141. The van der Waals surface area contributed by atoms with E-state index in [4.69, 9.17) is 9.47 Å². The SMILES string of the molecule is CC(C)(C)OC(=O)N[C@@H](Cc1ccccc1)C1COC(=O)[C@@H]1Cc1ccccc1. The van der Waals surface area contributed by atoms with Gasteiger partial charge in [0, 0.05) is 12.0 Å². The van der Waals surface area contributed by atoms with Crippen molar-refractivity contribution < 1.29 is 19.1 Å². The Labute approximate surface area is 172 Å². The number of benzene rings is 2. The molecule has 0 aliphatic carbocycles. The molecule has 3 rings (SSSR count). The summed E-state index contributed by atoms with van der Waals surface area (Å²) in [5.41, 5.74) is 1.58. The van der Waals surface area contributed by atoms with Gasteiger partial charge in [-0.1, -0.05) is 60.7 Å². The minimum Gasteiger partial charge on any atom is -0.465 e. The fourth-order valence-electron chi connectivity index (χ4n) is 3.71. The van der Waals surface area contributed by atoms with Gasteiger partial charge >= 0.3 is 12.1 Å². The first-order valence-corrected chi connectivity index (χ1v) is 10.1. The molecule has 1 saturated heterocycles. The summed E-state index contributed by atoms with van der Waals surface area (Å²) in [6.07, 6.45) is 0.717. The summed E-state index contributed by atoms with van der Waals surface area (Å²) in [5, 5.41) is 3.01. The largest absolute Gasteiger partial charge is 0.465 e. The molecule has 5 heteroatoms. The molecular formula is C24H29NO4. The van der Waals surface area contributed by atoms with Crippen molar-refractivity contribution >= 4 is 12.1 Å². The fraction of sp³-hybridized carbons (Fsp3) is 0.417. The van der Waals surface area contributed by atoms with E-state index in [2.05, 4.69) is 5.32 Å². The maximum atomic E-state index is 12.5. The second kappa shape index (κ2) is 9.12. The molecule has 0 saturated carbocycles. The van der Waals surface area contributed by atoms with Crippen molar-refractivity contribution in [1.29, 1.82) is 0 Å². The monoisotopic (exact) mass is 395 g/mol. The molecule has 3 atom stereocenters. The van der Waals surface area contributed by atoms with Gasteiger partial charge in [-0.15, -0.1) is 0 Å². The molecule has 1 N–H and O–H groups in total. The Kier molecular flexibility index (Phi) is 6.57. The lowest BCUT2D eigenvalue weighted by Gasteiger charge is -2.28. The lowest BCUT2D eigenvalue weighted by atomic mass is 9.82. The van der Waals surface area contributed by atoms with Gasteiger partial charge in [0.25, 0.3) is 0 Å². The van der Waals surface area contributed by atoms with Crippen molar-refractivity contribution in [1.82, 2.24) is 5.32 Å². The average Bonchev–Trinajstić information content (AvgIpc) is 3.02. The first-order valence-electron chi connectivity index (χ1n) is 10.1. The zero-order chi connectivity index (χ0) is 20.9. The van der Waals surface area contributed by atoms with Crippen LogP contribution in [-0.2, 0) is 27.1 Å². The van der Waals surface area contributed by atoms with Gasteiger partial charge in [-0.25, -0.2) is 4.79 Å². The molecule has 1 fully saturated rings. The summed E-state index contributed by atoms with van der Waals surface area (Å²) in [6, 6.07) is 19.6. The van der Waals surface area contributed by atoms with Crippen molar-refractivity contribution in [2.45, 2.75) is 45.3 Å². The quantitative estimate of drug-likeness (QED) is 0.746. The summed E-state index contributed by atoms with van der Waals surface area (Å²) in [4.78, 5) is 25.0. The standard InChI is InChI=1S/C24H29NO4/c1-24(2,3)29-23(27)25-21(15-18-12-8-5-9-13-18)20-16-28-22(26)19(20)14-17-10-6-4-7-11-17/h4-13,19-21H,14-16H2,1-3H3,(H,25,27)/t19-,20?,21+/m1/s1. The van der Waals surface area contributed by atoms with Gasteiger partial charge in [0.1, 0.15) is 5.60 Å². The first kappa shape index (κ1) is 20.9. The predicted molar refractivity (Wildman–Crippen MR) is 111 cm³/mol. The van der Waals surface area contributed by atoms with E-state index in [0.29, 0.717) is 19.4 Å². The van der Waals surface area contributed by atoms with Crippen molar-refractivity contribution in [3.63, 3.8) is 0 Å². The van der Waals surface area contributed by atoms with Crippen LogP contribution >= 0.6 is 0 Å². The van der Waals surface area contributed by atoms with Crippen LogP contribution in [0.1, 0.15) is 31.9 Å². The maximum absolute atomic E-state index is 12.5. The van der Waals surface area contributed by atoms with Crippen LogP contribution in [0.5, 0.6) is 0 Å². The van der Waals surface area contributed by atoms with Gasteiger partial charge in [-0.2, -0.15) is 0 Å². The normalized spacial score (nSPS) is 20.0. The molecule has 0 spiro atoms. The molecule has 1 aliphatic heterocycles. The van der Waals surface area contributed by atoms with Crippen LogP contribution in [-0.4, -0.2) is 30.3 Å². The Bertz CT molecular complexity index is 814. The molecule has 1 unspecified atom stereocenters. The third-order valence-corrected chi connectivity index (χ3v) is 5.05. The Morgan fingerprint density at radius 2 is 1.66 bits per heavy atom. The molecule has 2 aromatic rings. The minimum absolute atomic E-state index is 0.129. The van der Waals surface area contributed by atoms with Crippen molar-refractivity contribution in [3.05, 3.63) is 71.8 Å². The number of carbonyl (C=O) groups excluding carboxylic acids is 2. The van der Waals surface area contributed by atoms with Crippen molar-refractivity contribution in [2.24, 2.45) is 11.8 Å². The van der Waals surface area contributed by atoms with E-state index in [-0.39, 0.29) is 23.8 Å². The van der Waals surface area contributed by atoms with E-state index in [9.17, 15) is 9.59 Å². The Hall–Kier alpha value is -2.82. The van der Waals surface area contributed by atoms with Gasteiger partial charge in [0.05, 0.1) is 12.5 Å². The molecule has 154 valence electrons. The number of hydrogen-bond acceptors (Lipinski definition) is 4. The van der Waals surface area contributed by atoms with Crippen LogP contribution in [0.4, 0.5) is 4.79 Å². The summed E-state index contributed by atoms with van der Waals surface area (Å²) in [6.45, 7) is 5.79. The molecule has 1 heterocycles. The highest BCUT2D eigenvalue weighted by molar-refractivity contribution is 5.76. The summed E-state index contributed by atoms with van der Waals surface area (Å²) < 4.78 is 10.9. The number of carbonyl (C=O) groups is 2. The summed E-state index contributed by atoms with van der Waals surface area (Å²) in [5.74, 6) is -0.639. The number of hydrogen-bond donors (Lipinski definition) is 1. The van der Waals surface area contributed by atoms with Gasteiger partial charge in [0.15, 0.2) is 0 Å². The fourth-order valence-corrected chi connectivity index (χ4v) is 3.71. The maximum Gasteiger partial charge on any atom is 0.407 e. The van der Waals surface area contributed by atoms with E-state index >= 15 is 0 Å². The van der Waals surface area contributed by atoms with Gasteiger partial charge in [-0.3, -0.25) is 4.79 Å². The summed E-state index contributed by atoms with van der Waals surface area (Å²) >= 11 is 0. The van der Waals surface area contributed by atoms with Crippen molar-refractivity contribution in [2.75, 3.05) is 6.61 Å². The number of nitrogens with one attached hydrogen (secondary N) is 1. The summed E-state index contributed by atoms with van der Waals surface area (Å²) in [7, 11) is 0. The highest BCUT2D eigenvalue weighted by Crippen LogP contribution is 2.30. The number of rotatable bonds is 6. The number of amides is 1. The van der Waals surface area contributed by atoms with E-state index in [1.807, 2.05) is 81.4 Å². The highest BCUT2D eigenvalue weighted by atomic mass is 16.6. The van der Waals surface area contributed by atoms with Crippen LogP contribution in [0.2, 0.25) is 0 Å². The van der Waals surface area contributed by atoms with Crippen LogP contribution < -0.4 is 5.32 Å². The molecule has 2 aromatic carbocycles. The van der Waals surface area contributed by atoms with E-state index < -0.39 is 11.7 Å². The van der Waals surface area contributed by atoms with Crippen LogP contribution in [0.25, 0.3) is 0 Å². The van der Waals surface area contributed by atoms with E-state index in [1.54, 1.807) is 0 Å². The first-order chi connectivity index (χ1) is 13.8. The number of cyclic esters (lactones) is 1. The predicted octanol–water partition coefficient (Wildman–Crippen LogP) is 4.15. The third-order valence-electron chi connectivity index (χ3n) is 5.05. The zero-order valence-electron chi connectivity index (χ0n) is 17.3. The molecule has 1 amide bonds. The molecule has 5 nitrogen and oxygen atoms in total. The highest BCUT2D eigenvalue weighted by Gasteiger charge is 2.42. The molecule has 29 heavy (non-hydrogen) atoms. The number of ether oxygens (including phenoxy) is 2. The van der Waals surface area contributed by atoms with Crippen LogP contribution in [0.3, 0.4) is 0 Å². The van der Waals surface area contributed by atoms with E-state index in [0.717, 1.165) is 11.1 Å². The molecule has 0 bridgehead atoms. The average molecular weight is 395 g/mol. The topological polar surface area (TPSA) is 64.6 Å². The second-order valence-corrected chi connectivity index (χ2v) is 8.53. The third kappa shape index (κ3) is 6.08. The lowest BCUT2D eigenvalue weighted by Crippen LogP contribution is -2.46. The second-order valence-electron chi connectivity index (χ2n) is 8.53. The Balaban J connectivity index is 1.80. The number of alkyl carbamates (subject to hydrolysis) is 1. The minimum atomic E-state index is -0.590. The smallest absolute Gasteiger partial charge is 0.407 e.